The summed E-state index contributed by atoms with van der Waals surface area (Å²) in [5.74, 6) is 0.0258. The number of hydrogen-bond donors (Lipinski definition) is 2. The fourth-order valence-corrected chi connectivity index (χ4v) is 3.72. The Morgan fingerprint density at radius 1 is 1.13 bits per heavy atom. The predicted molar refractivity (Wildman–Crippen MR) is 113 cm³/mol. The van der Waals surface area contributed by atoms with Gasteiger partial charge < -0.3 is 20.1 Å². The molecule has 1 saturated carbocycles. The quantitative estimate of drug-likeness (QED) is 0.506. The Morgan fingerprint density at radius 3 is 2.57 bits per heavy atom. The van der Waals surface area contributed by atoms with Gasteiger partial charge in [-0.1, -0.05) is 31.4 Å². The molecule has 0 spiro atoms. The van der Waals surface area contributed by atoms with Crippen LogP contribution in [0, 0.1) is 11.3 Å². The van der Waals surface area contributed by atoms with Crippen molar-refractivity contribution >= 4 is 17.9 Å². The first-order chi connectivity index (χ1) is 14.6. The van der Waals surface area contributed by atoms with E-state index in [4.69, 9.17) is 9.47 Å². The van der Waals surface area contributed by atoms with Crippen LogP contribution in [0.25, 0.3) is 6.08 Å². The minimum absolute atomic E-state index is 0.0743. The van der Waals surface area contributed by atoms with Crippen molar-refractivity contribution in [3.8, 4) is 11.8 Å². The zero-order valence-electron chi connectivity index (χ0n) is 17.2. The molecule has 1 aliphatic heterocycles. The van der Waals surface area contributed by atoms with Crippen LogP contribution in [-0.4, -0.2) is 43.7 Å². The van der Waals surface area contributed by atoms with Gasteiger partial charge in [-0.2, -0.15) is 5.26 Å². The van der Waals surface area contributed by atoms with Crippen molar-refractivity contribution < 1.29 is 19.1 Å². The lowest BCUT2D eigenvalue weighted by Crippen LogP contribution is -2.36. The van der Waals surface area contributed by atoms with Crippen LogP contribution < -0.4 is 15.4 Å². The molecule has 160 valence electrons. The Balaban J connectivity index is 1.46. The average molecular weight is 412 g/mol. The van der Waals surface area contributed by atoms with Gasteiger partial charge in [-0.15, -0.1) is 0 Å². The second-order valence-corrected chi connectivity index (χ2v) is 7.78. The molecule has 1 atom stereocenters. The van der Waals surface area contributed by atoms with E-state index in [-0.39, 0.29) is 36.1 Å². The largest absolute Gasteiger partial charge is 0.484 e. The Bertz CT molecular complexity index is 786. The van der Waals surface area contributed by atoms with Gasteiger partial charge in [0.25, 0.3) is 11.8 Å². The van der Waals surface area contributed by atoms with Gasteiger partial charge >= 0.3 is 0 Å². The highest BCUT2D eigenvalue weighted by Crippen LogP contribution is 2.19. The van der Waals surface area contributed by atoms with Crippen molar-refractivity contribution in [2.75, 3.05) is 19.8 Å². The third kappa shape index (κ3) is 6.89. The fraction of sp³-hybridized carbons (Fsp3) is 0.522. The van der Waals surface area contributed by atoms with Crippen LogP contribution in [0.1, 0.15) is 50.5 Å². The molecule has 7 nitrogen and oxygen atoms in total. The van der Waals surface area contributed by atoms with Crippen molar-refractivity contribution in [3.63, 3.8) is 0 Å². The number of nitrogens with zero attached hydrogens (tertiary/aromatic N) is 1. The maximum absolute atomic E-state index is 12.4. The Morgan fingerprint density at radius 2 is 1.90 bits per heavy atom. The van der Waals surface area contributed by atoms with Gasteiger partial charge in [0, 0.05) is 19.2 Å². The molecule has 2 N–H and O–H groups in total. The number of rotatable bonds is 8. The lowest BCUT2D eigenvalue weighted by atomic mass is 9.95. The first-order valence-corrected chi connectivity index (χ1v) is 10.7. The van der Waals surface area contributed by atoms with Crippen LogP contribution in [0.15, 0.2) is 29.8 Å². The number of benzene rings is 1. The molecule has 30 heavy (non-hydrogen) atoms. The summed E-state index contributed by atoms with van der Waals surface area (Å²) in [6.45, 7) is 1.19. The van der Waals surface area contributed by atoms with Crippen molar-refractivity contribution in [2.24, 2.45) is 0 Å². The number of nitrogens with one attached hydrogen (secondary N) is 2. The predicted octanol–water partition coefficient (Wildman–Crippen LogP) is 2.72. The SMILES string of the molecule is N#C/C(=C\c1ccc(OCC(=O)NC[C@@H]2CCCO2)cc1)C(=O)NC1CCCCC1. The topological polar surface area (TPSA) is 100 Å². The molecule has 1 aromatic carbocycles. The van der Waals surface area contributed by atoms with E-state index in [0.717, 1.165) is 50.7 Å². The molecule has 3 rings (SSSR count). The normalized spacial score (nSPS) is 19.7. The standard InChI is InChI=1S/C23H29N3O4/c24-14-18(23(28)26-19-5-2-1-3-6-19)13-17-8-10-20(11-9-17)30-16-22(27)25-15-21-7-4-12-29-21/h8-11,13,19,21H,1-7,12,15-16H2,(H,25,27)(H,26,28)/b18-13+/t21-/m0/s1. The summed E-state index contributed by atoms with van der Waals surface area (Å²) in [4.78, 5) is 24.2. The zero-order valence-corrected chi connectivity index (χ0v) is 17.2. The second kappa shape index (κ2) is 11.4. The summed E-state index contributed by atoms with van der Waals surface area (Å²) in [7, 11) is 0. The van der Waals surface area contributed by atoms with Gasteiger partial charge in [-0.05, 0) is 49.5 Å². The van der Waals surface area contributed by atoms with E-state index in [9.17, 15) is 14.9 Å². The van der Waals surface area contributed by atoms with Crippen LogP contribution in [0.2, 0.25) is 0 Å². The minimum Gasteiger partial charge on any atom is -0.484 e. The third-order valence-electron chi connectivity index (χ3n) is 5.42. The molecule has 2 fully saturated rings. The summed E-state index contributed by atoms with van der Waals surface area (Å²) >= 11 is 0. The van der Waals surface area contributed by atoms with E-state index in [0.29, 0.717) is 12.3 Å². The van der Waals surface area contributed by atoms with E-state index in [1.807, 2.05) is 6.07 Å². The van der Waals surface area contributed by atoms with Gasteiger partial charge in [0.1, 0.15) is 17.4 Å². The van der Waals surface area contributed by atoms with Gasteiger partial charge in [0.15, 0.2) is 6.61 Å². The Kier molecular flexibility index (Phi) is 8.28. The van der Waals surface area contributed by atoms with Crippen molar-refractivity contribution in [1.82, 2.24) is 10.6 Å². The van der Waals surface area contributed by atoms with Crippen LogP contribution >= 0.6 is 0 Å². The van der Waals surface area contributed by atoms with Crippen molar-refractivity contribution in [3.05, 3.63) is 35.4 Å². The smallest absolute Gasteiger partial charge is 0.262 e. The number of carbonyl (C=O) groups is 2. The van der Waals surface area contributed by atoms with Crippen molar-refractivity contribution in [1.29, 1.82) is 5.26 Å². The molecule has 1 aromatic rings. The fourth-order valence-electron chi connectivity index (χ4n) is 3.72. The summed E-state index contributed by atoms with van der Waals surface area (Å²) < 4.78 is 11.0. The van der Waals surface area contributed by atoms with E-state index in [2.05, 4.69) is 10.6 Å². The molecule has 0 unspecified atom stereocenters. The summed E-state index contributed by atoms with van der Waals surface area (Å²) in [6, 6.07) is 9.08. The molecule has 0 aromatic heterocycles. The third-order valence-corrected chi connectivity index (χ3v) is 5.42. The number of hydrogen-bond acceptors (Lipinski definition) is 5. The van der Waals surface area contributed by atoms with E-state index in [1.165, 1.54) is 6.42 Å². The highest BCUT2D eigenvalue weighted by Gasteiger charge is 2.18. The van der Waals surface area contributed by atoms with Crippen LogP contribution in [0.3, 0.4) is 0 Å². The molecule has 0 radical (unpaired) electrons. The molecular weight excluding hydrogens is 382 g/mol. The van der Waals surface area contributed by atoms with Crippen LogP contribution in [0.5, 0.6) is 5.75 Å². The molecule has 0 bridgehead atoms. The van der Waals surface area contributed by atoms with Gasteiger partial charge in [0.2, 0.25) is 0 Å². The maximum atomic E-state index is 12.4. The monoisotopic (exact) mass is 411 g/mol. The molecule has 7 heteroatoms. The summed E-state index contributed by atoms with van der Waals surface area (Å²) in [5, 5.41) is 15.1. The lowest BCUT2D eigenvalue weighted by Gasteiger charge is -2.22. The highest BCUT2D eigenvalue weighted by molar-refractivity contribution is 6.01. The number of carbonyl (C=O) groups excluding carboxylic acids is 2. The minimum atomic E-state index is -0.326. The lowest BCUT2D eigenvalue weighted by molar-refractivity contribution is -0.123. The highest BCUT2D eigenvalue weighted by atomic mass is 16.5. The molecule has 2 amide bonds. The molecule has 1 aliphatic carbocycles. The van der Waals surface area contributed by atoms with E-state index >= 15 is 0 Å². The number of nitriles is 1. The molecule has 1 heterocycles. The van der Waals surface area contributed by atoms with E-state index < -0.39 is 0 Å². The van der Waals surface area contributed by atoms with Gasteiger partial charge in [-0.3, -0.25) is 9.59 Å². The van der Waals surface area contributed by atoms with Crippen LogP contribution in [0.4, 0.5) is 0 Å². The average Bonchev–Trinajstić information content (AvgIpc) is 3.30. The Hall–Kier alpha value is -2.85. The second-order valence-electron chi connectivity index (χ2n) is 7.78. The maximum Gasteiger partial charge on any atom is 0.262 e. The molecule has 2 aliphatic rings. The van der Waals surface area contributed by atoms with E-state index in [1.54, 1.807) is 30.3 Å². The molecule has 1 saturated heterocycles. The summed E-state index contributed by atoms with van der Waals surface area (Å²) in [5.41, 5.74) is 0.809. The zero-order chi connectivity index (χ0) is 21.2. The van der Waals surface area contributed by atoms with Crippen molar-refractivity contribution in [2.45, 2.75) is 57.1 Å². The van der Waals surface area contributed by atoms with Crippen LogP contribution in [-0.2, 0) is 14.3 Å². The van der Waals surface area contributed by atoms with Gasteiger partial charge in [-0.25, -0.2) is 0 Å². The number of ether oxygens (including phenoxy) is 2. The first-order valence-electron chi connectivity index (χ1n) is 10.7. The number of amides is 2. The Labute approximate surface area is 177 Å². The summed E-state index contributed by atoms with van der Waals surface area (Å²) in [6.07, 6.45) is 9.05. The first kappa shape index (κ1) is 21.8. The molecular formula is C23H29N3O4. The van der Waals surface area contributed by atoms with Gasteiger partial charge in [0.05, 0.1) is 6.10 Å².